The molecule has 0 saturated heterocycles. The van der Waals surface area contributed by atoms with Crippen LogP contribution >= 0.6 is 0 Å². The van der Waals surface area contributed by atoms with E-state index in [2.05, 4.69) is 6.92 Å². The Labute approximate surface area is 127 Å². The van der Waals surface area contributed by atoms with Gasteiger partial charge in [0.1, 0.15) is 6.07 Å². The summed E-state index contributed by atoms with van der Waals surface area (Å²) in [4.78, 5) is 0.118. The highest BCUT2D eigenvalue weighted by molar-refractivity contribution is 7.89. The van der Waals surface area contributed by atoms with Crippen LogP contribution in [0.3, 0.4) is 0 Å². The molecule has 0 aromatic heterocycles. The van der Waals surface area contributed by atoms with Gasteiger partial charge in [-0.15, -0.1) is 0 Å². The van der Waals surface area contributed by atoms with Gasteiger partial charge >= 0.3 is 0 Å². The summed E-state index contributed by atoms with van der Waals surface area (Å²) in [6.07, 6.45) is 5.15. The van der Waals surface area contributed by atoms with E-state index >= 15 is 0 Å². The van der Waals surface area contributed by atoms with Crippen LogP contribution in [0, 0.1) is 17.2 Å². The monoisotopic (exact) mass is 306 g/mol. The Morgan fingerprint density at radius 1 is 1.24 bits per heavy atom. The molecule has 2 rings (SSSR count). The van der Waals surface area contributed by atoms with Crippen molar-refractivity contribution < 1.29 is 8.42 Å². The van der Waals surface area contributed by atoms with Gasteiger partial charge in [0.2, 0.25) is 10.0 Å². The zero-order chi connectivity index (χ0) is 15.5. The summed E-state index contributed by atoms with van der Waals surface area (Å²) in [6, 6.07) is 8.43. The number of hydrogen-bond acceptors (Lipinski definition) is 3. The third kappa shape index (κ3) is 3.28. The fourth-order valence-electron chi connectivity index (χ4n) is 3.05. The van der Waals surface area contributed by atoms with Crippen LogP contribution < -0.4 is 0 Å². The fraction of sp³-hybridized carbons (Fsp3) is 0.562. The van der Waals surface area contributed by atoms with Gasteiger partial charge in [-0.1, -0.05) is 25.5 Å². The number of sulfonamides is 1. The minimum atomic E-state index is -3.59. The first-order chi connectivity index (χ1) is 10.0. The summed E-state index contributed by atoms with van der Waals surface area (Å²) in [5.41, 5.74) is 0.214. The number of rotatable bonds is 4. The molecule has 0 aliphatic heterocycles. The van der Waals surface area contributed by atoms with Gasteiger partial charge in [-0.3, -0.25) is 0 Å². The van der Waals surface area contributed by atoms with Gasteiger partial charge in [-0.2, -0.15) is 9.57 Å². The van der Waals surface area contributed by atoms with Gasteiger partial charge in [0.15, 0.2) is 0 Å². The van der Waals surface area contributed by atoms with Crippen molar-refractivity contribution in [2.45, 2.75) is 50.0 Å². The standard InChI is InChI=1S/C16H22N2O2S/c1-3-13-8-10-15(11-9-13)18(2)21(19,20)16-7-5-4-6-14(16)12-17/h4-7,13,15H,3,8-11H2,1-2H3. The van der Waals surface area contributed by atoms with Crippen molar-refractivity contribution in [2.75, 3.05) is 7.05 Å². The van der Waals surface area contributed by atoms with Gasteiger partial charge in [0.25, 0.3) is 0 Å². The lowest BCUT2D eigenvalue weighted by Crippen LogP contribution is -2.39. The summed E-state index contributed by atoms with van der Waals surface area (Å²) < 4.78 is 26.9. The van der Waals surface area contributed by atoms with E-state index in [9.17, 15) is 8.42 Å². The molecule has 0 radical (unpaired) electrons. The van der Waals surface area contributed by atoms with Crippen LogP contribution in [-0.4, -0.2) is 25.8 Å². The highest BCUT2D eigenvalue weighted by atomic mass is 32.2. The average molecular weight is 306 g/mol. The van der Waals surface area contributed by atoms with Crippen LogP contribution in [0.25, 0.3) is 0 Å². The van der Waals surface area contributed by atoms with Gasteiger partial charge in [0, 0.05) is 13.1 Å². The molecule has 1 aliphatic rings. The van der Waals surface area contributed by atoms with Crippen LogP contribution in [0.4, 0.5) is 0 Å². The number of nitrogens with zero attached hydrogens (tertiary/aromatic N) is 2. The Hall–Kier alpha value is -1.38. The van der Waals surface area contributed by atoms with Crippen LogP contribution in [0.2, 0.25) is 0 Å². The van der Waals surface area contributed by atoms with Crippen molar-refractivity contribution >= 4 is 10.0 Å². The normalized spacial score (nSPS) is 23.0. The maximum Gasteiger partial charge on any atom is 0.244 e. The molecule has 0 bridgehead atoms. The Kier molecular flexibility index (Phi) is 5.02. The minimum absolute atomic E-state index is 0.0459. The largest absolute Gasteiger partial charge is 0.244 e. The van der Waals surface area contributed by atoms with E-state index in [1.165, 1.54) is 16.8 Å². The SMILES string of the molecule is CCC1CCC(N(C)S(=O)(=O)c2ccccc2C#N)CC1. The molecule has 0 amide bonds. The van der Waals surface area contributed by atoms with E-state index in [1.807, 2.05) is 6.07 Å². The molecule has 4 nitrogen and oxygen atoms in total. The number of benzene rings is 1. The Morgan fingerprint density at radius 3 is 2.43 bits per heavy atom. The molecule has 0 heterocycles. The second-order valence-electron chi connectivity index (χ2n) is 5.71. The van der Waals surface area contributed by atoms with E-state index in [1.54, 1.807) is 25.2 Å². The highest BCUT2D eigenvalue weighted by Crippen LogP contribution is 2.31. The van der Waals surface area contributed by atoms with Crippen LogP contribution in [0.1, 0.15) is 44.6 Å². The molecule has 0 atom stereocenters. The molecule has 1 aromatic rings. The van der Waals surface area contributed by atoms with Crippen molar-refractivity contribution in [1.82, 2.24) is 4.31 Å². The summed E-state index contributed by atoms with van der Waals surface area (Å²) in [6.45, 7) is 2.19. The minimum Gasteiger partial charge on any atom is -0.207 e. The smallest absolute Gasteiger partial charge is 0.207 e. The van der Waals surface area contributed by atoms with Crippen LogP contribution in [-0.2, 0) is 10.0 Å². The molecule has 5 heteroatoms. The lowest BCUT2D eigenvalue weighted by atomic mass is 9.85. The van der Waals surface area contributed by atoms with Gasteiger partial charge < -0.3 is 0 Å². The third-order valence-corrected chi connectivity index (χ3v) is 6.54. The zero-order valence-corrected chi connectivity index (χ0v) is 13.4. The van der Waals surface area contributed by atoms with Crippen molar-refractivity contribution in [3.63, 3.8) is 0 Å². The highest BCUT2D eigenvalue weighted by Gasteiger charge is 2.32. The zero-order valence-electron chi connectivity index (χ0n) is 12.6. The maximum atomic E-state index is 12.7. The van der Waals surface area contributed by atoms with Crippen molar-refractivity contribution in [1.29, 1.82) is 5.26 Å². The summed E-state index contributed by atoms with van der Waals surface area (Å²) in [5.74, 6) is 0.726. The molecule has 0 unspecified atom stereocenters. The summed E-state index contributed by atoms with van der Waals surface area (Å²) in [7, 11) is -1.96. The van der Waals surface area contributed by atoms with Crippen LogP contribution in [0.5, 0.6) is 0 Å². The van der Waals surface area contributed by atoms with Crippen LogP contribution in [0.15, 0.2) is 29.2 Å². The van der Waals surface area contributed by atoms with E-state index in [-0.39, 0.29) is 16.5 Å². The van der Waals surface area contributed by atoms with Gasteiger partial charge in [0.05, 0.1) is 10.5 Å². The predicted octanol–water partition coefficient (Wildman–Crippen LogP) is 3.15. The lowest BCUT2D eigenvalue weighted by molar-refractivity contribution is 0.233. The molecule has 0 spiro atoms. The molecule has 114 valence electrons. The van der Waals surface area contributed by atoms with Crippen molar-refractivity contribution in [2.24, 2.45) is 5.92 Å². The number of hydrogen-bond donors (Lipinski definition) is 0. The fourth-order valence-corrected chi connectivity index (χ4v) is 4.61. The molecule has 0 N–H and O–H groups in total. The number of nitriles is 1. The molecule has 1 aliphatic carbocycles. The van der Waals surface area contributed by atoms with E-state index in [0.717, 1.165) is 31.6 Å². The molecule has 1 fully saturated rings. The quantitative estimate of drug-likeness (QED) is 0.858. The second kappa shape index (κ2) is 6.59. The molecular weight excluding hydrogens is 284 g/mol. The van der Waals surface area contributed by atoms with Gasteiger partial charge in [-0.05, 0) is 43.7 Å². The Balaban J connectivity index is 2.22. The maximum absolute atomic E-state index is 12.7. The summed E-state index contributed by atoms with van der Waals surface area (Å²) >= 11 is 0. The van der Waals surface area contributed by atoms with Gasteiger partial charge in [-0.25, -0.2) is 8.42 Å². The Bertz CT molecular complexity index is 626. The summed E-state index contributed by atoms with van der Waals surface area (Å²) in [5, 5.41) is 9.11. The van der Waals surface area contributed by atoms with E-state index in [4.69, 9.17) is 5.26 Å². The van der Waals surface area contributed by atoms with Crippen molar-refractivity contribution in [3.05, 3.63) is 29.8 Å². The van der Waals surface area contributed by atoms with E-state index in [0.29, 0.717) is 0 Å². The molecule has 1 aromatic carbocycles. The molecular formula is C16H22N2O2S. The first-order valence-corrected chi connectivity index (χ1v) is 8.91. The van der Waals surface area contributed by atoms with Crippen molar-refractivity contribution in [3.8, 4) is 6.07 Å². The second-order valence-corrected chi connectivity index (χ2v) is 7.68. The first-order valence-electron chi connectivity index (χ1n) is 7.47. The molecule has 21 heavy (non-hydrogen) atoms. The predicted molar refractivity (Wildman–Crippen MR) is 82.1 cm³/mol. The first kappa shape index (κ1) is 16.0. The molecule has 1 saturated carbocycles. The topological polar surface area (TPSA) is 61.2 Å². The Morgan fingerprint density at radius 2 is 1.86 bits per heavy atom. The third-order valence-electron chi connectivity index (χ3n) is 4.57. The lowest BCUT2D eigenvalue weighted by Gasteiger charge is -2.33. The average Bonchev–Trinajstić information content (AvgIpc) is 2.54. The van der Waals surface area contributed by atoms with E-state index < -0.39 is 10.0 Å².